The van der Waals surface area contributed by atoms with Gasteiger partial charge in [-0.2, -0.15) is 0 Å². The lowest BCUT2D eigenvalue weighted by molar-refractivity contribution is -0.113. The average molecular weight is 141 g/mol. The Labute approximate surface area is 62.2 Å². The number of aldehydes is 1. The lowest BCUT2D eigenvalue weighted by Gasteiger charge is -2.34. The molecule has 0 aliphatic carbocycles. The van der Waals surface area contributed by atoms with E-state index in [1.54, 1.807) is 0 Å². The van der Waals surface area contributed by atoms with Gasteiger partial charge in [0.2, 0.25) is 0 Å². The average Bonchev–Trinajstić information content (AvgIpc) is 1.95. The van der Waals surface area contributed by atoms with E-state index in [0.717, 1.165) is 12.7 Å². The van der Waals surface area contributed by atoms with Crippen LogP contribution in [0, 0.1) is 0 Å². The molecule has 1 heterocycles. The van der Waals surface area contributed by atoms with Crippen molar-refractivity contribution in [3.05, 3.63) is 0 Å². The van der Waals surface area contributed by atoms with Gasteiger partial charge < -0.3 is 4.79 Å². The van der Waals surface area contributed by atoms with E-state index in [1.807, 2.05) is 7.05 Å². The quantitative estimate of drug-likeness (QED) is 0.509. The topological polar surface area (TPSA) is 20.3 Å². The van der Waals surface area contributed by atoms with Crippen molar-refractivity contribution in [2.24, 2.45) is 0 Å². The Bertz CT molecular complexity index is 124. The zero-order valence-corrected chi connectivity index (χ0v) is 6.71. The Kier molecular flexibility index (Phi) is 2.44. The molecule has 1 aliphatic rings. The molecule has 0 aromatic carbocycles. The molecule has 0 bridgehead atoms. The Morgan fingerprint density at radius 1 is 1.50 bits per heavy atom. The Balaban J connectivity index is 2.50. The van der Waals surface area contributed by atoms with Gasteiger partial charge >= 0.3 is 0 Å². The van der Waals surface area contributed by atoms with Crippen LogP contribution >= 0.6 is 0 Å². The zero-order chi connectivity index (χ0) is 7.56. The maximum absolute atomic E-state index is 10.5. The van der Waals surface area contributed by atoms with E-state index in [-0.39, 0.29) is 6.04 Å². The van der Waals surface area contributed by atoms with E-state index in [4.69, 9.17) is 0 Å². The summed E-state index contributed by atoms with van der Waals surface area (Å²) in [5, 5.41) is 0. The normalized spacial score (nSPS) is 35.8. The highest BCUT2D eigenvalue weighted by atomic mass is 16.1. The predicted molar refractivity (Wildman–Crippen MR) is 40.9 cm³/mol. The van der Waals surface area contributed by atoms with Gasteiger partial charge in [-0.1, -0.05) is 0 Å². The number of piperidine rings is 1. The second kappa shape index (κ2) is 3.15. The molecule has 58 valence electrons. The first kappa shape index (κ1) is 7.73. The molecule has 0 spiro atoms. The summed E-state index contributed by atoms with van der Waals surface area (Å²) >= 11 is 0. The lowest BCUT2D eigenvalue weighted by atomic mass is 9.98. The van der Waals surface area contributed by atoms with Crippen molar-refractivity contribution in [3.8, 4) is 0 Å². The summed E-state index contributed by atoms with van der Waals surface area (Å²) in [5.41, 5.74) is 0. The van der Waals surface area contributed by atoms with Crippen LogP contribution in [-0.4, -0.2) is 30.3 Å². The molecular formula is C8H15NO. The minimum Gasteiger partial charge on any atom is -0.302 e. The summed E-state index contributed by atoms with van der Waals surface area (Å²) in [7, 11) is 2.03. The van der Waals surface area contributed by atoms with E-state index in [1.165, 1.54) is 12.8 Å². The van der Waals surface area contributed by atoms with Gasteiger partial charge in [-0.15, -0.1) is 0 Å². The lowest BCUT2D eigenvalue weighted by Crippen LogP contribution is -2.43. The molecule has 0 amide bonds. The minimum absolute atomic E-state index is 0.184. The monoisotopic (exact) mass is 141 g/mol. The summed E-state index contributed by atoms with van der Waals surface area (Å²) in [4.78, 5) is 12.6. The molecule has 0 N–H and O–H groups in total. The van der Waals surface area contributed by atoms with Gasteiger partial charge in [0.1, 0.15) is 6.29 Å². The number of hydrogen-bond acceptors (Lipinski definition) is 2. The summed E-state index contributed by atoms with van der Waals surface area (Å²) in [5.74, 6) is 0. The Morgan fingerprint density at radius 2 is 2.20 bits per heavy atom. The summed E-state index contributed by atoms with van der Waals surface area (Å²) in [6.45, 7) is 2.18. The molecule has 2 heteroatoms. The summed E-state index contributed by atoms with van der Waals surface area (Å²) in [6, 6.07) is 0.771. The van der Waals surface area contributed by atoms with Gasteiger partial charge in [-0.25, -0.2) is 0 Å². The highest BCUT2D eigenvalue weighted by Gasteiger charge is 2.23. The van der Waals surface area contributed by atoms with Crippen molar-refractivity contribution in [3.63, 3.8) is 0 Å². The van der Waals surface area contributed by atoms with Crippen LogP contribution in [0.2, 0.25) is 0 Å². The summed E-state index contributed by atoms with van der Waals surface area (Å²) in [6.07, 6.45) is 4.55. The largest absolute Gasteiger partial charge is 0.302 e. The van der Waals surface area contributed by atoms with Crippen molar-refractivity contribution in [1.82, 2.24) is 4.90 Å². The fraction of sp³-hybridized carbons (Fsp3) is 0.875. The van der Waals surface area contributed by atoms with Gasteiger partial charge in [0.15, 0.2) is 0 Å². The first-order valence-electron chi connectivity index (χ1n) is 3.93. The third-order valence-electron chi connectivity index (χ3n) is 2.50. The standard InChI is InChI=1S/C8H15NO/c1-7-4-3-5-8(6-10)9(7)2/h6-8H,3-5H2,1-2H3. The predicted octanol–water partition coefficient (Wildman–Crippen LogP) is 1.06. The van der Waals surface area contributed by atoms with Crippen LogP contribution in [0.15, 0.2) is 0 Å². The van der Waals surface area contributed by atoms with Crippen molar-refractivity contribution < 1.29 is 4.79 Å². The number of likely N-dealkylation sites (tertiary alicyclic amines) is 1. The number of likely N-dealkylation sites (N-methyl/N-ethyl adjacent to an activating group) is 1. The van der Waals surface area contributed by atoms with Crippen molar-refractivity contribution in [2.45, 2.75) is 38.3 Å². The van der Waals surface area contributed by atoms with Crippen LogP contribution in [0.1, 0.15) is 26.2 Å². The van der Waals surface area contributed by atoms with Crippen molar-refractivity contribution in [1.29, 1.82) is 0 Å². The molecule has 1 fully saturated rings. The molecule has 1 rings (SSSR count). The second-order valence-corrected chi connectivity index (χ2v) is 3.15. The van der Waals surface area contributed by atoms with E-state index in [2.05, 4.69) is 11.8 Å². The number of rotatable bonds is 1. The molecule has 0 radical (unpaired) electrons. The van der Waals surface area contributed by atoms with E-state index in [0.29, 0.717) is 6.04 Å². The van der Waals surface area contributed by atoms with Gasteiger partial charge in [-0.05, 0) is 33.2 Å². The third-order valence-corrected chi connectivity index (χ3v) is 2.50. The van der Waals surface area contributed by atoms with Crippen molar-refractivity contribution in [2.75, 3.05) is 7.05 Å². The fourth-order valence-corrected chi connectivity index (χ4v) is 1.52. The van der Waals surface area contributed by atoms with Gasteiger partial charge in [0.25, 0.3) is 0 Å². The van der Waals surface area contributed by atoms with Gasteiger partial charge in [0, 0.05) is 6.04 Å². The van der Waals surface area contributed by atoms with Gasteiger partial charge in [-0.3, -0.25) is 4.90 Å². The maximum Gasteiger partial charge on any atom is 0.137 e. The van der Waals surface area contributed by atoms with Crippen LogP contribution in [-0.2, 0) is 4.79 Å². The van der Waals surface area contributed by atoms with E-state index >= 15 is 0 Å². The molecular weight excluding hydrogens is 126 g/mol. The maximum atomic E-state index is 10.5. The van der Waals surface area contributed by atoms with Crippen LogP contribution in [0.4, 0.5) is 0 Å². The van der Waals surface area contributed by atoms with Crippen LogP contribution in [0.3, 0.4) is 0 Å². The molecule has 0 aromatic rings. The third kappa shape index (κ3) is 1.37. The van der Waals surface area contributed by atoms with E-state index < -0.39 is 0 Å². The zero-order valence-electron chi connectivity index (χ0n) is 6.71. The molecule has 0 aromatic heterocycles. The Morgan fingerprint density at radius 3 is 2.70 bits per heavy atom. The van der Waals surface area contributed by atoms with Crippen molar-refractivity contribution >= 4 is 6.29 Å². The molecule has 2 nitrogen and oxygen atoms in total. The van der Waals surface area contributed by atoms with Crippen LogP contribution < -0.4 is 0 Å². The second-order valence-electron chi connectivity index (χ2n) is 3.15. The first-order chi connectivity index (χ1) is 4.75. The first-order valence-corrected chi connectivity index (χ1v) is 3.93. The number of hydrogen-bond donors (Lipinski definition) is 0. The van der Waals surface area contributed by atoms with Gasteiger partial charge in [0.05, 0.1) is 6.04 Å². The minimum atomic E-state index is 0.184. The SMILES string of the molecule is CC1CCCC(C=O)N1C. The van der Waals surface area contributed by atoms with Crippen LogP contribution in [0.5, 0.6) is 0 Å². The number of nitrogens with zero attached hydrogens (tertiary/aromatic N) is 1. The van der Waals surface area contributed by atoms with Crippen LogP contribution in [0.25, 0.3) is 0 Å². The smallest absolute Gasteiger partial charge is 0.137 e. The number of carbonyl (C=O) groups is 1. The molecule has 2 atom stereocenters. The summed E-state index contributed by atoms with van der Waals surface area (Å²) < 4.78 is 0. The Hall–Kier alpha value is -0.370. The molecule has 1 saturated heterocycles. The highest BCUT2D eigenvalue weighted by molar-refractivity contribution is 5.57. The van der Waals surface area contributed by atoms with E-state index in [9.17, 15) is 4.79 Å². The molecule has 1 aliphatic heterocycles. The molecule has 10 heavy (non-hydrogen) atoms. The molecule has 0 saturated carbocycles. The fourth-order valence-electron chi connectivity index (χ4n) is 1.52. The number of carbonyl (C=O) groups excluding carboxylic acids is 1. The molecule has 2 unspecified atom stereocenters. The highest BCUT2D eigenvalue weighted by Crippen LogP contribution is 2.18.